The third-order valence-electron chi connectivity index (χ3n) is 6.66. The molecule has 0 amide bonds. The van der Waals surface area contributed by atoms with Crippen molar-refractivity contribution in [1.29, 1.82) is 0 Å². The van der Waals surface area contributed by atoms with E-state index in [2.05, 4.69) is 34.5 Å². The van der Waals surface area contributed by atoms with Crippen LogP contribution in [-0.2, 0) is 5.41 Å². The minimum Gasteiger partial charge on any atom is -0.493 e. The summed E-state index contributed by atoms with van der Waals surface area (Å²) in [6, 6.07) is 10.8. The van der Waals surface area contributed by atoms with Crippen molar-refractivity contribution in [1.82, 2.24) is 9.88 Å². The van der Waals surface area contributed by atoms with Crippen molar-refractivity contribution in [2.24, 2.45) is 5.10 Å². The second-order valence-corrected chi connectivity index (χ2v) is 8.14. The van der Waals surface area contributed by atoms with Gasteiger partial charge in [0.15, 0.2) is 11.5 Å². The number of methoxy groups -OCH3 is 2. The summed E-state index contributed by atoms with van der Waals surface area (Å²) in [5.74, 6) is 2.42. The Kier molecular flexibility index (Phi) is 5.46. The summed E-state index contributed by atoms with van der Waals surface area (Å²) in [4.78, 5) is 6.87. The van der Waals surface area contributed by atoms with Crippen LogP contribution in [-0.4, -0.2) is 49.4 Å². The third kappa shape index (κ3) is 3.57. The molecule has 29 heavy (non-hydrogen) atoms. The van der Waals surface area contributed by atoms with Gasteiger partial charge in [-0.05, 0) is 69.1 Å². The molecule has 0 bridgehead atoms. The first-order valence-corrected chi connectivity index (χ1v) is 10.2. The molecule has 0 spiro atoms. The van der Waals surface area contributed by atoms with E-state index in [4.69, 9.17) is 14.6 Å². The molecule has 1 saturated heterocycles. The van der Waals surface area contributed by atoms with Crippen molar-refractivity contribution in [3.05, 3.63) is 47.7 Å². The van der Waals surface area contributed by atoms with Crippen LogP contribution < -0.4 is 14.9 Å². The monoisotopic (exact) mass is 394 g/mol. The maximum Gasteiger partial charge on any atom is 0.161 e. The van der Waals surface area contributed by atoms with E-state index in [0.717, 1.165) is 55.1 Å². The van der Waals surface area contributed by atoms with Gasteiger partial charge in [0.2, 0.25) is 0 Å². The zero-order chi connectivity index (χ0) is 20.4. The van der Waals surface area contributed by atoms with E-state index in [-0.39, 0.29) is 5.41 Å². The van der Waals surface area contributed by atoms with Crippen LogP contribution in [0.5, 0.6) is 11.5 Å². The number of hydrogen-bond donors (Lipinski definition) is 1. The van der Waals surface area contributed by atoms with Crippen LogP contribution in [0.4, 0.5) is 5.82 Å². The van der Waals surface area contributed by atoms with Gasteiger partial charge >= 0.3 is 0 Å². The van der Waals surface area contributed by atoms with Crippen LogP contribution in [0.25, 0.3) is 0 Å². The van der Waals surface area contributed by atoms with Gasteiger partial charge in [0.05, 0.1) is 14.2 Å². The van der Waals surface area contributed by atoms with Crippen LogP contribution in [0.2, 0.25) is 0 Å². The maximum atomic E-state index is 5.58. The van der Waals surface area contributed by atoms with Gasteiger partial charge in [0.1, 0.15) is 5.82 Å². The van der Waals surface area contributed by atoms with Crippen molar-refractivity contribution in [3.63, 3.8) is 0 Å². The summed E-state index contributed by atoms with van der Waals surface area (Å²) in [6.07, 6.45) is 5.98. The molecule has 0 radical (unpaired) electrons. The zero-order valence-electron chi connectivity index (χ0n) is 17.7. The standard InChI is InChI=1S/C23H30N4O2/c1-16-6-5-12-24-22(16)26-25-18-9-10-23(11-13-27(2)21(23)15-18)17-7-8-19(28-3)20(14-17)29-4/h5-8,12,14,21H,9-11,13,15H2,1-4H3,(H,24,26)/b25-18-/t21-,23-/m0/s1. The molecule has 1 aromatic carbocycles. The molecule has 1 aromatic heterocycles. The number of likely N-dealkylation sites (N-methyl/N-ethyl adjacent to an activating group) is 1. The van der Waals surface area contributed by atoms with Gasteiger partial charge in [-0.1, -0.05) is 12.1 Å². The Hall–Kier alpha value is -2.60. The van der Waals surface area contributed by atoms with Crippen molar-refractivity contribution in [2.45, 2.75) is 44.1 Å². The Morgan fingerprint density at radius 2 is 2.00 bits per heavy atom. The lowest BCUT2D eigenvalue weighted by Crippen LogP contribution is -2.46. The molecular weight excluding hydrogens is 364 g/mol. The summed E-state index contributed by atoms with van der Waals surface area (Å²) in [5, 5.41) is 4.73. The van der Waals surface area contributed by atoms with E-state index in [1.807, 2.05) is 25.1 Å². The summed E-state index contributed by atoms with van der Waals surface area (Å²) < 4.78 is 11.0. The predicted molar refractivity (Wildman–Crippen MR) is 116 cm³/mol. The Labute approximate surface area is 172 Å². The molecule has 1 saturated carbocycles. The van der Waals surface area contributed by atoms with Crippen molar-refractivity contribution in [3.8, 4) is 11.5 Å². The highest BCUT2D eigenvalue weighted by Gasteiger charge is 2.49. The fourth-order valence-electron chi connectivity index (χ4n) is 4.92. The van der Waals surface area contributed by atoms with Crippen LogP contribution in [0.15, 0.2) is 41.6 Å². The summed E-state index contributed by atoms with van der Waals surface area (Å²) >= 11 is 0. The Bertz CT molecular complexity index is 914. The van der Waals surface area contributed by atoms with E-state index in [1.165, 1.54) is 11.3 Å². The van der Waals surface area contributed by atoms with Gasteiger partial charge in [0.25, 0.3) is 0 Å². The molecule has 2 heterocycles. The smallest absolute Gasteiger partial charge is 0.161 e. The number of nitrogens with zero attached hydrogens (tertiary/aromatic N) is 3. The number of rotatable bonds is 5. The fourth-order valence-corrected chi connectivity index (χ4v) is 4.92. The van der Waals surface area contributed by atoms with E-state index in [0.29, 0.717) is 6.04 Å². The molecule has 154 valence electrons. The molecule has 2 aliphatic rings. The Morgan fingerprint density at radius 1 is 1.17 bits per heavy atom. The SMILES string of the molecule is COc1ccc([C@@]23CC/C(=N/Nc4ncccc4C)C[C@@H]2N(C)CC3)cc1OC. The molecule has 1 N–H and O–H groups in total. The van der Waals surface area contributed by atoms with Gasteiger partial charge < -0.3 is 14.4 Å². The number of fused-ring (bicyclic) bond motifs is 1. The summed E-state index contributed by atoms with van der Waals surface area (Å²) in [5.41, 5.74) is 6.98. The predicted octanol–water partition coefficient (Wildman–Crippen LogP) is 4.00. The van der Waals surface area contributed by atoms with Crippen molar-refractivity contribution in [2.75, 3.05) is 33.2 Å². The van der Waals surface area contributed by atoms with E-state index in [9.17, 15) is 0 Å². The third-order valence-corrected chi connectivity index (χ3v) is 6.66. The lowest BCUT2D eigenvalue weighted by Gasteiger charge is -2.42. The number of likely N-dealkylation sites (tertiary alicyclic amines) is 1. The number of nitrogens with one attached hydrogen (secondary N) is 1. The molecule has 2 atom stereocenters. The number of aromatic nitrogens is 1. The molecule has 2 aromatic rings. The molecule has 6 heteroatoms. The number of hydrogen-bond acceptors (Lipinski definition) is 6. The number of pyridine rings is 1. The van der Waals surface area contributed by atoms with E-state index >= 15 is 0 Å². The maximum absolute atomic E-state index is 5.58. The second-order valence-electron chi connectivity index (χ2n) is 8.14. The zero-order valence-corrected chi connectivity index (χ0v) is 17.7. The van der Waals surface area contributed by atoms with Gasteiger partial charge in [-0.25, -0.2) is 4.98 Å². The average molecular weight is 395 g/mol. The highest BCUT2D eigenvalue weighted by molar-refractivity contribution is 5.87. The lowest BCUT2D eigenvalue weighted by atomic mass is 9.65. The van der Waals surface area contributed by atoms with Crippen LogP contribution in [0.1, 0.15) is 36.8 Å². The minimum absolute atomic E-state index is 0.133. The Morgan fingerprint density at radius 3 is 2.76 bits per heavy atom. The van der Waals surface area contributed by atoms with Gasteiger partial charge in [0, 0.05) is 29.8 Å². The van der Waals surface area contributed by atoms with E-state index in [1.54, 1.807) is 20.4 Å². The topological polar surface area (TPSA) is 59.0 Å². The number of benzene rings is 1. The van der Waals surface area contributed by atoms with Crippen LogP contribution >= 0.6 is 0 Å². The highest BCUT2D eigenvalue weighted by atomic mass is 16.5. The molecule has 0 unspecified atom stereocenters. The lowest BCUT2D eigenvalue weighted by molar-refractivity contribution is 0.226. The van der Waals surface area contributed by atoms with Crippen LogP contribution in [0, 0.1) is 6.92 Å². The normalized spacial score (nSPS) is 25.7. The number of anilines is 1. The second kappa shape index (κ2) is 8.03. The van der Waals surface area contributed by atoms with Crippen molar-refractivity contribution < 1.29 is 9.47 Å². The molecular formula is C23H30N4O2. The molecule has 4 rings (SSSR count). The molecule has 6 nitrogen and oxygen atoms in total. The first-order chi connectivity index (χ1) is 14.1. The fraction of sp³-hybridized carbons (Fsp3) is 0.478. The first kappa shape index (κ1) is 19.7. The number of ether oxygens (including phenoxy) is 2. The first-order valence-electron chi connectivity index (χ1n) is 10.2. The van der Waals surface area contributed by atoms with Crippen LogP contribution in [0.3, 0.4) is 0 Å². The average Bonchev–Trinajstić information content (AvgIpc) is 3.10. The highest BCUT2D eigenvalue weighted by Crippen LogP contribution is 2.49. The molecule has 1 aliphatic heterocycles. The van der Waals surface area contributed by atoms with Crippen molar-refractivity contribution >= 4 is 11.5 Å². The van der Waals surface area contributed by atoms with E-state index < -0.39 is 0 Å². The minimum atomic E-state index is 0.133. The largest absolute Gasteiger partial charge is 0.493 e. The Balaban J connectivity index is 1.59. The van der Waals surface area contributed by atoms with Gasteiger partial charge in [-0.3, -0.25) is 5.43 Å². The number of hydrazone groups is 1. The summed E-state index contributed by atoms with van der Waals surface area (Å²) in [7, 11) is 5.61. The molecule has 1 aliphatic carbocycles. The number of aryl methyl sites for hydroxylation is 1. The quantitative estimate of drug-likeness (QED) is 0.777. The summed E-state index contributed by atoms with van der Waals surface area (Å²) in [6.45, 7) is 3.14. The van der Waals surface area contributed by atoms with Gasteiger partial charge in [-0.15, -0.1) is 0 Å². The van der Waals surface area contributed by atoms with Gasteiger partial charge in [-0.2, -0.15) is 5.10 Å². The molecule has 2 fully saturated rings.